The van der Waals surface area contributed by atoms with Crippen LogP contribution in [0, 0.1) is 24.0 Å². The average Bonchev–Trinajstić information content (AvgIpc) is 3.70. The number of benzene rings is 4. The summed E-state index contributed by atoms with van der Waals surface area (Å²) in [5.41, 5.74) is 8.09. The molecule has 2 saturated heterocycles. The highest BCUT2D eigenvalue weighted by molar-refractivity contribution is 5.47. The summed E-state index contributed by atoms with van der Waals surface area (Å²) in [5.74, 6) is 3.44. The number of nitrogens with zero attached hydrogens (tertiary/aromatic N) is 3. The van der Waals surface area contributed by atoms with Crippen LogP contribution in [0.4, 0.5) is 11.4 Å². The molecule has 52 heavy (non-hydrogen) atoms. The number of nitrogens with two attached hydrogens (primary N) is 1. The van der Waals surface area contributed by atoms with Gasteiger partial charge in [0.2, 0.25) is 0 Å². The summed E-state index contributed by atoms with van der Waals surface area (Å²) in [6, 6.07) is 30.3. The van der Waals surface area contributed by atoms with Crippen molar-refractivity contribution in [3.8, 4) is 23.0 Å². The number of aryl methyl sites for hydroxylation is 2. The molecular weight excluding hydrogens is 660 g/mol. The van der Waals surface area contributed by atoms with E-state index in [1.165, 1.54) is 6.07 Å². The van der Waals surface area contributed by atoms with Gasteiger partial charge < -0.3 is 29.8 Å². The Bertz CT molecular complexity index is 1690. The number of nitro benzene ring substituents is 1. The maximum absolute atomic E-state index is 10.9. The summed E-state index contributed by atoms with van der Waals surface area (Å²) in [5, 5.41) is 17.9. The van der Waals surface area contributed by atoms with Gasteiger partial charge in [0.1, 0.15) is 47.4 Å². The molecule has 0 amide bonds. The van der Waals surface area contributed by atoms with Crippen LogP contribution in [0.2, 0.25) is 0 Å². The van der Waals surface area contributed by atoms with Crippen LogP contribution in [-0.4, -0.2) is 90.6 Å². The highest BCUT2D eigenvalue weighted by Gasteiger charge is 2.37. The Labute approximate surface area is 308 Å². The minimum atomic E-state index is -0.386. The summed E-state index contributed by atoms with van der Waals surface area (Å²) in [7, 11) is 1.00. The van der Waals surface area contributed by atoms with Crippen molar-refractivity contribution in [2.75, 3.05) is 65.3 Å². The van der Waals surface area contributed by atoms with E-state index in [4.69, 9.17) is 29.8 Å². The van der Waals surface area contributed by atoms with Crippen molar-refractivity contribution in [1.82, 2.24) is 9.80 Å². The quantitative estimate of drug-likeness (QED) is 0.0853. The van der Waals surface area contributed by atoms with Crippen LogP contribution in [0.1, 0.15) is 37.8 Å². The van der Waals surface area contributed by atoms with Crippen LogP contribution in [-0.2, 0) is 0 Å². The molecule has 4 aromatic carbocycles. The van der Waals surface area contributed by atoms with E-state index < -0.39 is 0 Å². The minimum Gasteiger partial charge on any atom is -0.492 e. The van der Waals surface area contributed by atoms with Crippen LogP contribution in [0.25, 0.3) is 0 Å². The summed E-state index contributed by atoms with van der Waals surface area (Å²) in [6.07, 6.45) is 1.93. The molecule has 2 atom stereocenters. The molecule has 0 aromatic heterocycles. The van der Waals surface area contributed by atoms with E-state index in [1.807, 2.05) is 92.7 Å². The summed E-state index contributed by atoms with van der Waals surface area (Å²) in [4.78, 5) is 15.2. The van der Waals surface area contributed by atoms with E-state index in [2.05, 4.69) is 23.6 Å². The molecule has 6 rings (SSSR count). The third-order valence-electron chi connectivity index (χ3n) is 9.15. The lowest BCUT2D eigenvalue weighted by Crippen LogP contribution is -2.37. The molecule has 4 aromatic rings. The van der Waals surface area contributed by atoms with Crippen LogP contribution in [0.15, 0.2) is 97.1 Å². The fourth-order valence-corrected chi connectivity index (χ4v) is 6.40. The second kappa shape index (κ2) is 19.1. The van der Waals surface area contributed by atoms with Gasteiger partial charge in [-0.15, -0.1) is 0 Å². The van der Waals surface area contributed by atoms with Crippen LogP contribution < -0.4 is 24.7 Å². The lowest BCUT2D eigenvalue weighted by Gasteiger charge is -2.27. The Morgan fingerprint density at radius 1 is 0.712 bits per heavy atom. The Kier molecular flexibility index (Phi) is 14.7. The number of non-ortho nitro benzene ring substituents is 1. The maximum Gasteiger partial charge on any atom is 0.269 e. The van der Waals surface area contributed by atoms with E-state index >= 15 is 0 Å². The van der Waals surface area contributed by atoms with E-state index in [-0.39, 0.29) is 21.8 Å². The lowest BCUT2D eigenvalue weighted by molar-refractivity contribution is -0.384. The predicted molar refractivity (Wildman–Crippen MR) is 206 cm³/mol. The highest BCUT2D eigenvalue weighted by Crippen LogP contribution is 2.32. The topological polar surface area (TPSA) is 133 Å². The molecule has 2 fully saturated rings. The summed E-state index contributed by atoms with van der Waals surface area (Å²) >= 11 is 0. The number of para-hydroxylation sites is 2. The number of aliphatic hydroxyl groups is 1. The van der Waals surface area contributed by atoms with Crippen molar-refractivity contribution in [1.29, 1.82) is 0 Å². The molecule has 2 aliphatic heterocycles. The lowest BCUT2D eigenvalue weighted by atomic mass is 10.1. The Morgan fingerprint density at radius 3 is 1.58 bits per heavy atom. The normalized spacial score (nSPS) is 19.8. The van der Waals surface area contributed by atoms with Gasteiger partial charge in [0.05, 0.1) is 4.92 Å². The van der Waals surface area contributed by atoms with Crippen molar-refractivity contribution in [2.24, 2.45) is 0 Å². The molecule has 2 unspecified atom stereocenters. The van der Waals surface area contributed by atoms with E-state index in [0.29, 0.717) is 19.0 Å². The number of hydrogen-bond donors (Lipinski definition) is 2. The second-order valence-electron chi connectivity index (χ2n) is 13.7. The third-order valence-corrected chi connectivity index (χ3v) is 9.15. The molecule has 280 valence electrons. The zero-order chi connectivity index (χ0) is 37.6. The Hall–Kier alpha value is -4.84. The third kappa shape index (κ3) is 12.1. The molecule has 0 spiro atoms. The van der Waals surface area contributed by atoms with Gasteiger partial charge in [-0.2, -0.15) is 0 Å². The van der Waals surface area contributed by atoms with Gasteiger partial charge in [0.25, 0.3) is 5.69 Å². The average molecular weight is 715 g/mol. The number of nitrogen functional groups attached to an aromatic ring is 1. The first-order valence-corrected chi connectivity index (χ1v) is 17.7. The zero-order valence-corrected chi connectivity index (χ0v) is 31.1. The molecule has 2 aliphatic rings. The first kappa shape index (κ1) is 39.9. The van der Waals surface area contributed by atoms with Gasteiger partial charge in [-0.05, 0) is 87.4 Å². The molecule has 0 saturated carbocycles. The van der Waals surface area contributed by atoms with Gasteiger partial charge in [-0.25, -0.2) is 0 Å². The fraction of sp³-hybridized carbons (Fsp3) is 0.415. The summed E-state index contributed by atoms with van der Waals surface area (Å²) in [6.45, 7) is 14.9. The van der Waals surface area contributed by atoms with Gasteiger partial charge in [0.15, 0.2) is 0 Å². The van der Waals surface area contributed by atoms with Crippen molar-refractivity contribution >= 4 is 11.4 Å². The van der Waals surface area contributed by atoms with Crippen molar-refractivity contribution in [3.63, 3.8) is 0 Å². The number of anilines is 1. The maximum atomic E-state index is 10.9. The largest absolute Gasteiger partial charge is 0.492 e. The van der Waals surface area contributed by atoms with Crippen LogP contribution in [0.5, 0.6) is 23.0 Å². The number of hydrogen-bond acceptors (Lipinski definition) is 10. The standard InChI is InChI=1S/C20H24N2O4.C20H26N2O2.CH4O/c1-16-14-17(22(23)24)8-9-19(16)26-20(2)10-11-21(15-20)12-13-25-18-6-4-3-5-7-18;1-16-14-17(21)8-9-19(16)24-20(2)10-11-22(15-20)12-13-23-18-6-4-3-5-7-18;1-2/h3-9,14H,10-13,15H2,1-2H3;3-9,14H,10-13,15,21H2,1-2H3;2H,1H3. The Balaban J connectivity index is 0.000000223. The fourth-order valence-electron chi connectivity index (χ4n) is 6.40. The smallest absolute Gasteiger partial charge is 0.269 e. The molecule has 3 N–H and O–H groups in total. The van der Waals surface area contributed by atoms with Gasteiger partial charge in [-0.3, -0.25) is 19.9 Å². The monoisotopic (exact) mass is 714 g/mol. The predicted octanol–water partition coefficient (Wildman–Crippen LogP) is 6.93. The molecule has 0 aliphatic carbocycles. The van der Waals surface area contributed by atoms with Crippen molar-refractivity contribution in [3.05, 3.63) is 118 Å². The van der Waals surface area contributed by atoms with Crippen LogP contribution >= 0.6 is 0 Å². The summed E-state index contributed by atoms with van der Waals surface area (Å²) < 4.78 is 24.1. The number of likely N-dealkylation sites (tertiary alicyclic amines) is 2. The van der Waals surface area contributed by atoms with Gasteiger partial charge in [0, 0.05) is 77.0 Å². The highest BCUT2D eigenvalue weighted by atomic mass is 16.6. The van der Waals surface area contributed by atoms with Crippen molar-refractivity contribution in [2.45, 2.75) is 51.7 Å². The molecule has 2 heterocycles. The SMILES string of the molecule is CO.Cc1cc(N)ccc1OC1(C)CCN(CCOc2ccccc2)C1.Cc1cc([N+](=O)[O-])ccc1OC1(C)CCN(CCOc2ccccc2)C1. The van der Waals surface area contributed by atoms with Crippen molar-refractivity contribution < 1.29 is 29.0 Å². The molecule has 0 radical (unpaired) electrons. The zero-order valence-electron chi connectivity index (χ0n) is 31.1. The minimum absolute atomic E-state index is 0.0890. The number of ether oxygens (including phenoxy) is 4. The first-order valence-electron chi connectivity index (χ1n) is 17.7. The number of aliphatic hydroxyl groups excluding tert-OH is 1. The number of rotatable bonds is 13. The van der Waals surface area contributed by atoms with E-state index in [1.54, 1.807) is 12.1 Å². The molecule has 0 bridgehead atoms. The molecular formula is C41H54N4O7. The van der Waals surface area contributed by atoms with Gasteiger partial charge >= 0.3 is 0 Å². The molecule has 11 nitrogen and oxygen atoms in total. The van der Waals surface area contributed by atoms with E-state index in [0.717, 1.165) is 93.3 Å². The Morgan fingerprint density at radius 2 is 1.15 bits per heavy atom. The van der Waals surface area contributed by atoms with E-state index in [9.17, 15) is 10.1 Å². The second-order valence-corrected chi connectivity index (χ2v) is 13.7. The first-order chi connectivity index (χ1) is 25.0. The molecule has 11 heteroatoms. The van der Waals surface area contributed by atoms with Crippen LogP contribution in [0.3, 0.4) is 0 Å². The van der Waals surface area contributed by atoms with Gasteiger partial charge in [-0.1, -0.05) is 36.4 Å². The number of nitro groups is 1.